The number of thioether (sulfide) groups is 1. The Balaban J connectivity index is 1.65. The molecule has 2 N–H and O–H groups in total. The summed E-state index contributed by atoms with van der Waals surface area (Å²) < 4.78 is 15.3. The highest BCUT2D eigenvalue weighted by molar-refractivity contribution is 7.99. The number of carbonyl (C=O) groups excluding carboxylic acids is 2. The molecule has 0 aliphatic rings. The highest BCUT2D eigenvalue weighted by Crippen LogP contribution is 2.23. The molecule has 1 aromatic heterocycles. The second-order valence-corrected chi connectivity index (χ2v) is 8.41. The van der Waals surface area contributed by atoms with Crippen molar-refractivity contribution in [3.63, 3.8) is 0 Å². The van der Waals surface area contributed by atoms with E-state index in [1.807, 2.05) is 11.5 Å². The van der Waals surface area contributed by atoms with Crippen molar-refractivity contribution < 1.29 is 14.0 Å². The quantitative estimate of drug-likeness (QED) is 0.464. The maximum Gasteiger partial charge on any atom is 0.253 e. The van der Waals surface area contributed by atoms with Gasteiger partial charge in [-0.25, -0.2) is 4.39 Å². The van der Waals surface area contributed by atoms with Crippen LogP contribution in [-0.4, -0.2) is 32.3 Å². The van der Waals surface area contributed by atoms with Crippen LogP contribution >= 0.6 is 23.4 Å². The fraction of sp³-hybridized carbons (Fsp3) is 0.273. The van der Waals surface area contributed by atoms with Gasteiger partial charge in [0, 0.05) is 12.2 Å². The Bertz CT molecular complexity index is 1140. The molecule has 1 atom stereocenters. The Kier molecular flexibility index (Phi) is 7.87. The Morgan fingerprint density at radius 1 is 1.22 bits per heavy atom. The summed E-state index contributed by atoms with van der Waals surface area (Å²) in [6, 6.07) is 10.6. The summed E-state index contributed by atoms with van der Waals surface area (Å²) in [5.41, 5.74) is 1.58. The molecule has 0 radical (unpaired) electrons. The van der Waals surface area contributed by atoms with Crippen LogP contribution in [0.1, 0.15) is 41.6 Å². The summed E-state index contributed by atoms with van der Waals surface area (Å²) in [6.45, 7) is 6.08. The number of hydrogen-bond acceptors (Lipinski definition) is 5. The standard InChI is InChI=1S/C22H23ClFN5O2S/c1-4-29-20(14(3)25-21(31)16-7-5-6-8-17(16)23)27-28-22(29)32-12-19(30)26-18-11-15(24)10-9-13(18)2/h5-11,14H,4,12H2,1-3H3,(H,25,31)(H,26,30)/t14-/m1/s1. The van der Waals surface area contributed by atoms with Crippen LogP contribution in [0, 0.1) is 12.7 Å². The van der Waals surface area contributed by atoms with Gasteiger partial charge in [0.1, 0.15) is 5.82 Å². The van der Waals surface area contributed by atoms with E-state index in [0.717, 1.165) is 5.56 Å². The second kappa shape index (κ2) is 10.6. The first-order valence-electron chi connectivity index (χ1n) is 9.97. The molecule has 32 heavy (non-hydrogen) atoms. The lowest BCUT2D eigenvalue weighted by molar-refractivity contribution is -0.113. The molecule has 0 fully saturated rings. The van der Waals surface area contributed by atoms with Crippen molar-refractivity contribution in [2.75, 3.05) is 11.1 Å². The number of anilines is 1. The fourth-order valence-electron chi connectivity index (χ4n) is 3.05. The van der Waals surface area contributed by atoms with E-state index in [1.165, 1.54) is 23.9 Å². The maximum atomic E-state index is 13.4. The monoisotopic (exact) mass is 475 g/mol. The molecule has 3 aromatic rings. The topological polar surface area (TPSA) is 88.9 Å². The molecule has 0 saturated carbocycles. The Labute approximate surface area is 194 Å². The molecule has 0 spiro atoms. The number of nitrogens with zero attached hydrogens (tertiary/aromatic N) is 3. The first-order chi connectivity index (χ1) is 15.3. The summed E-state index contributed by atoms with van der Waals surface area (Å²) in [5, 5.41) is 14.9. The number of amides is 2. The van der Waals surface area contributed by atoms with Crippen LogP contribution < -0.4 is 10.6 Å². The van der Waals surface area contributed by atoms with E-state index in [0.29, 0.717) is 33.8 Å². The lowest BCUT2D eigenvalue weighted by Crippen LogP contribution is -2.29. The van der Waals surface area contributed by atoms with Crippen LogP contribution in [0.5, 0.6) is 0 Å². The van der Waals surface area contributed by atoms with Gasteiger partial charge in [0.2, 0.25) is 5.91 Å². The third kappa shape index (κ3) is 5.66. The normalized spacial score (nSPS) is 11.8. The van der Waals surface area contributed by atoms with E-state index >= 15 is 0 Å². The number of hydrogen-bond donors (Lipinski definition) is 2. The van der Waals surface area contributed by atoms with E-state index in [2.05, 4.69) is 20.8 Å². The molecule has 2 amide bonds. The predicted molar refractivity (Wildman–Crippen MR) is 124 cm³/mol. The van der Waals surface area contributed by atoms with Crippen molar-refractivity contribution in [3.8, 4) is 0 Å². The molecular weight excluding hydrogens is 453 g/mol. The smallest absolute Gasteiger partial charge is 0.253 e. The number of aryl methyl sites for hydroxylation is 1. The van der Waals surface area contributed by atoms with Gasteiger partial charge in [0.15, 0.2) is 11.0 Å². The molecule has 0 aliphatic carbocycles. The largest absolute Gasteiger partial charge is 0.342 e. The number of carbonyl (C=O) groups is 2. The van der Waals surface area contributed by atoms with Crippen molar-refractivity contribution in [1.82, 2.24) is 20.1 Å². The van der Waals surface area contributed by atoms with E-state index in [-0.39, 0.29) is 17.6 Å². The van der Waals surface area contributed by atoms with Gasteiger partial charge in [-0.15, -0.1) is 10.2 Å². The molecule has 2 aromatic carbocycles. The molecule has 1 heterocycles. The highest BCUT2D eigenvalue weighted by atomic mass is 35.5. The summed E-state index contributed by atoms with van der Waals surface area (Å²) in [4.78, 5) is 24.9. The van der Waals surface area contributed by atoms with Crippen LogP contribution in [0.25, 0.3) is 0 Å². The third-order valence-corrected chi connectivity index (χ3v) is 6.02. The Morgan fingerprint density at radius 3 is 2.69 bits per heavy atom. The van der Waals surface area contributed by atoms with Crippen LogP contribution in [0.3, 0.4) is 0 Å². The third-order valence-electron chi connectivity index (χ3n) is 4.72. The van der Waals surface area contributed by atoms with Gasteiger partial charge in [-0.3, -0.25) is 9.59 Å². The number of aromatic nitrogens is 3. The van der Waals surface area contributed by atoms with Crippen LogP contribution in [0.4, 0.5) is 10.1 Å². The van der Waals surface area contributed by atoms with Crippen molar-refractivity contribution in [2.45, 2.75) is 38.5 Å². The molecule has 0 aliphatic heterocycles. The molecule has 7 nitrogen and oxygen atoms in total. The molecule has 0 unspecified atom stereocenters. The number of halogens is 2. The van der Waals surface area contributed by atoms with Crippen molar-refractivity contribution >= 4 is 40.9 Å². The van der Waals surface area contributed by atoms with Crippen LogP contribution in [0.15, 0.2) is 47.6 Å². The summed E-state index contributed by atoms with van der Waals surface area (Å²) >= 11 is 7.32. The van der Waals surface area contributed by atoms with E-state index in [4.69, 9.17) is 11.6 Å². The molecule has 0 bridgehead atoms. The zero-order valence-corrected chi connectivity index (χ0v) is 19.4. The van der Waals surface area contributed by atoms with Gasteiger partial charge >= 0.3 is 0 Å². The fourth-order valence-corrected chi connectivity index (χ4v) is 4.08. The van der Waals surface area contributed by atoms with Crippen molar-refractivity contribution in [3.05, 3.63) is 70.3 Å². The minimum atomic E-state index is -0.427. The number of nitrogens with one attached hydrogen (secondary N) is 2. The van der Waals surface area contributed by atoms with E-state index < -0.39 is 11.9 Å². The van der Waals surface area contributed by atoms with Gasteiger partial charge in [0.25, 0.3) is 5.91 Å². The summed E-state index contributed by atoms with van der Waals surface area (Å²) in [6.07, 6.45) is 0. The minimum Gasteiger partial charge on any atom is -0.342 e. The Hall–Kier alpha value is -2.91. The Morgan fingerprint density at radius 2 is 1.97 bits per heavy atom. The SMILES string of the molecule is CCn1c(SCC(=O)Nc2cc(F)ccc2C)nnc1[C@@H](C)NC(=O)c1ccccc1Cl. The summed E-state index contributed by atoms with van der Waals surface area (Å²) in [7, 11) is 0. The van der Waals surface area contributed by atoms with Gasteiger partial charge in [-0.1, -0.05) is 41.6 Å². The zero-order chi connectivity index (χ0) is 23.3. The van der Waals surface area contributed by atoms with Gasteiger partial charge in [-0.2, -0.15) is 0 Å². The minimum absolute atomic E-state index is 0.0778. The average Bonchev–Trinajstić information content (AvgIpc) is 3.18. The van der Waals surface area contributed by atoms with Crippen molar-refractivity contribution in [1.29, 1.82) is 0 Å². The zero-order valence-electron chi connectivity index (χ0n) is 17.9. The predicted octanol–water partition coefficient (Wildman–Crippen LogP) is 4.62. The van der Waals surface area contributed by atoms with Gasteiger partial charge in [0.05, 0.1) is 22.4 Å². The van der Waals surface area contributed by atoms with Gasteiger partial charge in [-0.05, 0) is 50.6 Å². The summed E-state index contributed by atoms with van der Waals surface area (Å²) in [5.74, 6) is -0.364. The van der Waals surface area contributed by atoms with Crippen molar-refractivity contribution in [2.24, 2.45) is 0 Å². The molecule has 3 rings (SSSR count). The second-order valence-electron chi connectivity index (χ2n) is 7.06. The van der Waals surface area contributed by atoms with Crippen LogP contribution in [0.2, 0.25) is 5.02 Å². The van der Waals surface area contributed by atoms with E-state index in [9.17, 15) is 14.0 Å². The lowest BCUT2D eigenvalue weighted by Gasteiger charge is -2.15. The molecule has 0 saturated heterocycles. The molecule has 168 valence electrons. The molecular formula is C22H23ClFN5O2S. The highest BCUT2D eigenvalue weighted by Gasteiger charge is 2.21. The lowest BCUT2D eigenvalue weighted by atomic mass is 10.2. The van der Waals surface area contributed by atoms with Crippen LogP contribution in [-0.2, 0) is 11.3 Å². The average molecular weight is 476 g/mol. The number of benzene rings is 2. The molecule has 10 heteroatoms. The number of rotatable bonds is 8. The van der Waals surface area contributed by atoms with E-state index in [1.54, 1.807) is 44.2 Å². The maximum absolute atomic E-state index is 13.4. The first-order valence-corrected chi connectivity index (χ1v) is 11.3. The first kappa shape index (κ1) is 23.7. The van der Waals surface area contributed by atoms with Gasteiger partial charge < -0.3 is 15.2 Å².